The van der Waals surface area contributed by atoms with Crippen LogP contribution in [0.5, 0.6) is 0 Å². The van der Waals surface area contributed by atoms with E-state index in [4.69, 9.17) is 9.97 Å². The van der Waals surface area contributed by atoms with Crippen molar-refractivity contribution in [3.8, 4) is 51.3 Å². The number of hydrogen-bond acceptors (Lipinski definition) is 3. The van der Waals surface area contributed by atoms with Crippen LogP contribution >= 0.6 is 0 Å². The second-order valence-corrected chi connectivity index (χ2v) is 13.0. The molecule has 0 radical (unpaired) electrons. The van der Waals surface area contributed by atoms with E-state index in [2.05, 4.69) is 137 Å². The molecule has 3 aromatic heterocycles. The highest BCUT2D eigenvalue weighted by atomic mass is 15.0. The van der Waals surface area contributed by atoms with Gasteiger partial charge in [0.05, 0.1) is 45.1 Å². The summed E-state index contributed by atoms with van der Waals surface area (Å²) in [7, 11) is 0. The molecule has 7 aromatic carbocycles. The molecule has 10 aromatic rings. The van der Waals surface area contributed by atoms with Gasteiger partial charge < -0.3 is 9.13 Å². The molecule has 0 amide bonds. The minimum atomic E-state index is 0.633. The summed E-state index contributed by atoms with van der Waals surface area (Å²) in [5.74, 6) is 0.683. The van der Waals surface area contributed by atoms with Crippen LogP contribution in [0.1, 0.15) is 5.56 Å². The molecule has 5 nitrogen and oxygen atoms in total. The minimum Gasteiger partial charge on any atom is -0.309 e. The topological polar surface area (TPSA) is 59.4 Å². The number of rotatable bonds is 5. The van der Waals surface area contributed by atoms with Crippen LogP contribution in [-0.4, -0.2) is 19.1 Å². The molecule has 0 saturated heterocycles. The molecule has 5 heteroatoms. The van der Waals surface area contributed by atoms with Crippen molar-refractivity contribution < 1.29 is 0 Å². The van der Waals surface area contributed by atoms with Crippen LogP contribution in [0.25, 0.3) is 88.9 Å². The Kier molecular flexibility index (Phi) is 6.80. The maximum absolute atomic E-state index is 10.0. The van der Waals surface area contributed by atoms with Crippen LogP contribution in [-0.2, 0) is 0 Å². The molecule has 0 unspecified atom stereocenters. The van der Waals surface area contributed by atoms with Gasteiger partial charge in [-0.2, -0.15) is 5.26 Å². The zero-order valence-electron chi connectivity index (χ0n) is 28.0. The van der Waals surface area contributed by atoms with Crippen molar-refractivity contribution in [1.29, 1.82) is 5.26 Å². The van der Waals surface area contributed by atoms with Crippen LogP contribution in [0, 0.1) is 11.3 Å². The maximum atomic E-state index is 10.0. The average Bonchev–Trinajstić information content (AvgIpc) is 3.74. The predicted molar refractivity (Wildman–Crippen MR) is 212 cm³/mol. The minimum absolute atomic E-state index is 0.633. The van der Waals surface area contributed by atoms with Crippen molar-refractivity contribution in [1.82, 2.24) is 19.1 Å². The molecule has 0 aliphatic carbocycles. The smallest absolute Gasteiger partial charge is 0.160 e. The van der Waals surface area contributed by atoms with Gasteiger partial charge in [-0.1, -0.05) is 115 Å². The van der Waals surface area contributed by atoms with Gasteiger partial charge in [-0.25, -0.2) is 9.97 Å². The monoisotopic (exact) mass is 663 g/mol. The fourth-order valence-electron chi connectivity index (χ4n) is 7.63. The number of nitriles is 1. The Bertz CT molecular complexity index is 2950. The van der Waals surface area contributed by atoms with Crippen LogP contribution in [0.15, 0.2) is 176 Å². The Hall–Kier alpha value is -7.29. The van der Waals surface area contributed by atoms with Crippen molar-refractivity contribution in [3.63, 3.8) is 0 Å². The van der Waals surface area contributed by atoms with Crippen molar-refractivity contribution in [2.75, 3.05) is 0 Å². The van der Waals surface area contributed by atoms with Gasteiger partial charge in [0, 0.05) is 49.6 Å². The zero-order valence-corrected chi connectivity index (χ0v) is 28.0. The molecule has 242 valence electrons. The summed E-state index contributed by atoms with van der Waals surface area (Å²) >= 11 is 0. The third kappa shape index (κ3) is 4.70. The number of para-hydroxylation sites is 2. The molecule has 0 N–H and O–H groups in total. The number of benzene rings is 7. The molecular formula is C47H29N5. The average molecular weight is 664 g/mol. The highest BCUT2D eigenvalue weighted by Crippen LogP contribution is 2.42. The lowest BCUT2D eigenvalue weighted by atomic mass is 10.1. The lowest BCUT2D eigenvalue weighted by Gasteiger charge is -2.13. The SMILES string of the molecule is N#Cc1ccc2c(c1)c1c(ccc3c4ccccc4n(-c4cccc(-c5cc(-c6ccccc6)nc(-c6ccccc6)n5)c4)c31)n2-c1ccccc1. The quantitative estimate of drug-likeness (QED) is 0.184. The van der Waals surface area contributed by atoms with E-state index >= 15 is 0 Å². The molecule has 10 rings (SSSR count). The second-order valence-electron chi connectivity index (χ2n) is 13.0. The lowest BCUT2D eigenvalue weighted by molar-refractivity contribution is 1.16. The Labute approximate surface area is 299 Å². The largest absolute Gasteiger partial charge is 0.309 e. The Morgan fingerprint density at radius 1 is 0.423 bits per heavy atom. The lowest BCUT2D eigenvalue weighted by Crippen LogP contribution is -1.98. The van der Waals surface area contributed by atoms with E-state index in [1.807, 2.05) is 54.6 Å². The van der Waals surface area contributed by atoms with Gasteiger partial charge in [0.2, 0.25) is 0 Å². The summed E-state index contributed by atoms with van der Waals surface area (Å²) in [6.07, 6.45) is 0. The Morgan fingerprint density at radius 3 is 1.81 bits per heavy atom. The molecule has 0 aliphatic rings. The summed E-state index contributed by atoms with van der Waals surface area (Å²) in [5, 5.41) is 14.5. The normalized spacial score (nSPS) is 11.4. The van der Waals surface area contributed by atoms with E-state index in [-0.39, 0.29) is 0 Å². The molecule has 0 atom stereocenters. The van der Waals surface area contributed by atoms with Crippen molar-refractivity contribution in [2.45, 2.75) is 0 Å². The van der Waals surface area contributed by atoms with Crippen molar-refractivity contribution in [3.05, 3.63) is 181 Å². The molecular weight excluding hydrogens is 635 g/mol. The van der Waals surface area contributed by atoms with Gasteiger partial charge in [-0.3, -0.25) is 0 Å². The third-order valence-electron chi connectivity index (χ3n) is 9.93. The van der Waals surface area contributed by atoms with Gasteiger partial charge in [0.15, 0.2) is 5.82 Å². The first kappa shape index (κ1) is 29.6. The summed E-state index contributed by atoms with van der Waals surface area (Å²) in [6, 6.07) is 63.0. The fourth-order valence-corrected chi connectivity index (χ4v) is 7.63. The molecule has 0 saturated carbocycles. The molecule has 0 fully saturated rings. The van der Waals surface area contributed by atoms with E-state index in [1.165, 1.54) is 5.39 Å². The first-order chi connectivity index (χ1) is 25.7. The summed E-state index contributed by atoms with van der Waals surface area (Å²) < 4.78 is 4.68. The first-order valence-electron chi connectivity index (χ1n) is 17.3. The van der Waals surface area contributed by atoms with Crippen LogP contribution in [0.3, 0.4) is 0 Å². The van der Waals surface area contributed by atoms with Crippen molar-refractivity contribution >= 4 is 43.6 Å². The predicted octanol–water partition coefficient (Wildman–Crippen LogP) is 11.5. The van der Waals surface area contributed by atoms with E-state index in [9.17, 15) is 5.26 Å². The standard InChI is InChI=1S/C47H29N5/c48-30-31-23-25-43-39(27-31)45-44(51(43)35-18-8-3-9-19-35)26-24-38-37-21-10-11-22-42(37)52(46(38)45)36-20-12-17-34(28-36)41-29-40(32-13-4-1-5-14-32)49-47(50-41)33-15-6-2-7-16-33/h1-29H. The van der Waals surface area contributed by atoms with Crippen molar-refractivity contribution in [2.24, 2.45) is 0 Å². The number of nitrogens with zero attached hydrogens (tertiary/aromatic N) is 5. The number of aromatic nitrogens is 4. The second kappa shape index (κ2) is 11.9. The molecule has 0 spiro atoms. The Morgan fingerprint density at radius 2 is 1.04 bits per heavy atom. The summed E-state index contributed by atoms with van der Waals surface area (Å²) in [4.78, 5) is 10.2. The van der Waals surface area contributed by atoms with E-state index in [0.717, 1.165) is 77.7 Å². The van der Waals surface area contributed by atoms with Gasteiger partial charge in [-0.15, -0.1) is 0 Å². The Balaban J connectivity index is 1.27. The molecule has 0 bridgehead atoms. The highest BCUT2D eigenvalue weighted by molar-refractivity contribution is 6.26. The number of fused-ring (bicyclic) bond motifs is 7. The molecule has 52 heavy (non-hydrogen) atoms. The molecule has 0 aliphatic heterocycles. The van der Waals surface area contributed by atoms with Crippen LogP contribution in [0.4, 0.5) is 0 Å². The third-order valence-corrected chi connectivity index (χ3v) is 9.93. The maximum Gasteiger partial charge on any atom is 0.160 e. The van der Waals surface area contributed by atoms with Gasteiger partial charge in [0.25, 0.3) is 0 Å². The zero-order chi connectivity index (χ0) is 34.6. The summed E-state index contributed by atoms with van der Waals surface area (Å²) in [6.45, 7) is 0. The molecule has 3 heterocycles. The van der Waals surface area contributed by atoms with Gasteiger partial charge in [0.1, 0.15) is 0 Å². The highest BCUT2D eigenvalue weighted by Gasteiger charge is 2.21. The fraction of sp³-hybridized carbons (Fsp3) is 0. The number of hydrogen-bond donors (Lipinski definition) is 0. The van der Waals surface area contributed by atoms with E-state index < -0.39 is 0 Å². The van der Waals surface area contributed by atoms with Gasteiger partial charge in [-0.05, 0) is 60.7 Å². The van der Waals surface area contributed by atoms with E-state index in [0.29, 0.717) is 11.4 Å². The van der Waals surface area contributed by atoms with Gasteiger partial charge >= 0.3 is 0 Å². The van der Waals surface area contributed by atoms with Crippen LogP contribution in [0.2, 0.25) is 0 Å². The van der Waals surface area contributed by atoms with Crippen LogP contribution < -0.4 is 0 Å². The first-order valence-corrected chi connectivity index (χ1v) is 17.3. The summed E-state index contributed by atoms with van der Waals surface area (Å²) in [5.41, 5.74) is 11.8. The van der Waals surface area contributed by atoms with E-state index in [1.54, 1.807) is 0 Å².